The van der Waals surface area contributed by atoms with Crippen molar-refractivity contribution >= 4 is 63.5 Å². The van der Waals surface area contributed by atoms with Crippen molar-refractivity contribution in [1.82, 2.24) is 16.0 Å². The van der Waals surface area contributed by atoms with Crippen molar-refractivity contribution in [3.05, 3.63) is 34.3 Å². The molecule has 5 nitrogen and oxygen atoms in total. The lowest BCUT2D eigenvalue weighted by Crippen LogP contribution is -2.41. The maximum Gasteiger partial charge on any atom is 0.251 e. The molecule has 1 aromatic carbocycles. The summed E-state index contributed by atoms with van der Waals surface area (Å²) >= 11 is 5.24. The number of guanidine groups is 1. The van der Waals surface area contributed by atoms with Crippen molar-refractivity contribution < 1.29 is 4.79 Å². The number of nitrogens with zero attached hydrogens (tertiary/aromatic N) is 1. The van der Waals surface area contributed by atoms with Crippen LogP contribution >= 0.6 is 51.7 Å². The summed E-state index contributed by atoms with van der Waals surface area (Å²) in [5.74, 6) is 1.91. The van der Waals surface area contributed by atoms with Gasteiger partial charge in [0.15, 0.2) is 5.96 Å². The zero-order chi connectivity index (χ0) is 17.6. The van der Waals surface area contributed by atoms with E-state index in [0.717, 1.165) is 29.9 Å². The Morgan fingerprint density at radius 3 is 2.64 bits per heavy atom. The fourth-order valence-corrected chi connectivity index (χ4v) is 2.87. The minimum Gasteiger partial charge on any atom is -0.357 e. The van der Waals surface area contributed by atoms with E-state index in [1.54, 1.807) is 6.07 Å². The van der Waals surface area contributed by atoms with Gasteiger partial charge >= 0.3 is 0 Å². The van der Waals surface area contributed by atoms with Gasteiger partial charge in [-0.15, -0.1) is 24.0 Å². The van der Waals surface area contributed by atoms with Crippen LogP contribution in [0.5, 0.6) is 0 Å². The quantitative estimate of drug-likeness (QED) is 0.183. The average Bonchev–Trinajstić information content (AvgIpc) is 2.58. The van der Waals surface area contributed by atoms with Gasteiger partial charge in [-0.25, -0.2) is 0 Å². The summed E-state index contributed by atoms with van der Waals surface area (Å²) in [5.41, 5.74) is 0.652. The van der Waals surface area contributed by atoms with E-state index in [1.165, 1.54) is 12.2 Å². The van der Waals surface area contributed by atoms with Gasteiger partial charge in [-0.3, -0.25) is 9.79 Å². The second kappa shape index (κ2) is 15.7. The number of hydrogen-bond acceptors (Lipinski definition) is 3. The summed E-state index contributed by atoms with van der Waals surface area (Å²) in [5, 5.41) is 9.35. The molecule has 142 valence electrons. The maximum absolute atomic E-state index is 12.0. The Balaban J connectivity index is 0.00000576. The van der Waals surface area contributed by atoms with Gasteiger partial charge in [0.2, 0.25) is 0 Å². The fraction of sp³-hybridized carbons (Fsp3) is 0.529. The van der Waals surface area contributed by atoms with Crippen LogP contribution in [0.3, 0.4) is 0 Å². The molecule has 0 aromatic heterocycles. The molecule has 1 rings (SSSR count). The highest BCUT2D eigenvalue weighted by atomic mass is 127. The fourth-order valence-electron chi connectivity index (χ4n) is 1.98. The number of rotatable bonds is 10. The molecule has 1 amide bonds. The predicted octanol–water partition coefficient (Wildman–Crippen LogP) is 3.50. The van der Waals surface area contributed by atoms with E-state index >= 15 is 0 Å². The second-order valence-electron chi connectivity index (χ2n) is 5.15. The van der Waals surface area contributed by atoms with Gasteiger partial charge in [0, 0.05) is 36.2 Å². The SMILES string of the molecule is CCNC(=NCCCCSC)NCCNC(=O)c1cccc(Br)c1.I. The van der Waals surface area contributed by atoms with Gasteiger partial charge in [0.05, 0.1) is 0 Å². The van der Waals surface area contributed by atoms with E-state index in [2.05, 4.69) is 43.1 Å². The molecule has 0 bridgehead atoms. The zero-order valence-electron chi connectivity index (χ0n) is 14.8. The average molecular weight is 543 g/mol. The second-order valence-corrected chi connectivity index (χ2v) is 7.05. The summed E-state index contributed by atoms with van der Waals surface area (Å²) in [6.45, 7) is 4.86. The molecule has 0 fully saturated rings. The molecule has 0 unspecified atom stereocenters. The number of carbonyl (C=O) groups excluding carboxylic acids is 1. The standard InChI is InChI=1S/C17H27BrN4OS.HI/c1-3-19-17(21-9-4-5-12-24-2)22-11-10-20-16(23)14-7-6-8-15(18)13-14;/h6-8,13H,3-5,9-12H2,1-2H3,(H,20,23)(H2,19,21,22);1H. The van der Waals surface area contributed by atoms with Crippen LogP contribution in [0.25, 0.3) is 0 Å². The van der Waals surface area contributed by atoms with Crippen LogP contribution in [0, 0.1) is 0 Å². The van der Waals surface area contributed by atoms with Crippen LogP contribution in [-0.2, 0) is 0 Å². The molecule has 0 atom stereocenters. The molecule has 0 aliphatic carbocycles. The molecule has 0 heterocycles. The van der Waals surface area contributed by atoms with Crippen LogP contribution < -0.4 is 16.0 Å². The van der Waals surface area contributed by atoms with Gasteiger partial charge in [-0.05, 0) is 50.0 Å². The molecule has 8 heteroatoms. The molecule has 25 heavy (non-hydrogen) atoms. The lowest BCUT2D eigenvalue weighted by molar-refractivity contribution is 0.0954. The van der Waals surface area contributed by atoms with Crippen molar-refractivity contribution in [2.75, 3.05) is 38.2 Å². The molecule has 0 aliphatic rings. The highest BCUT2D eigenvalue weighted by Crippen LogP contribution is 2.11. The minimum atomic E-state index is -0.0721. The van der Waals surface area contributed by atoms with Crippen molar-refractivity contribution in [3.8, 4) is 0 Å². The van der Waals surface area contributed by atoms with E-state index < -0.39 is 0 Å². The molecule has 0 radical (unpaired) electrons. The number of thioether (sulfide) groups is 1. The summed E-state index contributed by atoms with van der Waals surface area (Å²) < 4.78 is 0.899. The highest BCUT2D eigenvalue weighted by Gasteiger charge is 2.04. The van der Waals surface area contributed by atoms with Crippen LogP contribution in [0.2, 0.25) is 0 Å². The van der Waals surface area contributed by atoms with E-state index in [9.17, 15) is 4.79 Å². The number of nitrogens with one attached hydrogen (secondary N) is 3. The lowest BCUT2D eigenvalue weighted by atomic mass is 10.2. The topological polar surface area (TPSA) is 65.5 Å². The Bertz CT molecular complexity index is 531. The number of halogens is 2. The first-order valence-electron chi connectivity index (χ1n) is 8.22. The van der Waals surface area contributed by atoms with E-state index in [4.69, 9.17) is 0 Å². The number of benzene rings is 1. The van der Waals surface area contributed by atoms with Gasteiger partial charge in [-0.2, -0.15) is 11.8 Å². The first-order chi connectivity index (χ1) is 11.7. The monoisotopic (exact) mass is 542 g/mol. The zero-order valence-corrected chi connectivity index (χ0v) is 19.5. The van der Waals surface area contributed by atoms with Gasteiger partial charge in [0.1, 0.15) is 0 Å². The van der Waals surface area contributed by atoms with E-state index in [1.807, 2.05) is 36.9 Å². The molecule has 0 saturated heterocycles. The van der Waals surface area contributed by atoms with E-state index in [0.29, 0.717) is 18.7 Å². The smallest absolute Gasteiger partial charge is 0.251 e. The molecular weight excluding hydrogens is 515 g/mol. The Morgan fingerprint density at radius 2 is 1.96 bits per heavy atom. The number of aliphatic imine (C=N–C) groups is 1. The summed E-state index contributed by atoms with van der Waals surface area (Å²) in [7, 11) is 0. The molecule has 3 N–H and O–H groups in total. The maximum atomic E-state index is 12.0. The van der Waals surface area contributed by atoms with Crippen molar-refractivity contribution in [2.45, 2.75) is 19.8 Å². The van der Waals surface area contributed by atoms with Crippen molar-refractivity contribution in [2.24, 2.45) is 4.99 Å². The van der Waals surface area contributed by atoms with Crippen molar-refractivity contribution in [3.63, 3.8) is 0 Å². The third kappa shape index (κ3) is 11.7. The Kier molecular flexibility index (Phi) is 15.4. The molecule has 0 aliphatic heterocycles. The van der Waals surface area contributed by atoms with Crippen LogP contribution in [0.1, 0.15) is 30.1 Å². The Labute approximate surface area is 180 Å². The number of hydrogen-bond donors (Lipinski definition) is 3. The largest absolute Gasteiger partial charge is 0.357 e. The van der Waals surface area contributed by atoms with E-state index in [-0.39, 0.29) is 29.9 Å². The predicted molar refractivity (Wildman–Crippen MR) is 123 cm³/mol. The number of unbranched alkanes of at least 4 members (excludes halogenated alkanes) is 1. The first-order valence-corrected chi connectivity index (χ1v) is 10.4. The molecule has 1 aromatic rings. The van der Waals surface area contributed by atoms with Crippen LogP contribution in [-0.4, -0.2) is 50.1 Å². The van der Waals surface area contributed by atoms with Crippen molar-refractivity contribution in [1.29, 1.82) is 0 Å². The number of amides is 1. The first kappa shape index (κ1) is 24.5. The molecular formula is C17H28BrIN4OS. The third-order valence-corrected chi connectivity index (χ3v) is 4.35. The summed E-state index contributed by atoms with van der Waals surface area (Å²) in [6.07, 6.45) is 4.40. The van der Waals surface area contributed by atoms with Crippen LogP contribution in [0.15, 0.2) is 33.7 Å². The normalized spacial score (nSPS) is 10.8. The van der Waals surface area contributed by atoms with Gasteiger partial charge in [0.25, 0.3) is 5.91 Å². The Hall–Kier alpha value is -0.480. The molecule has 0 saturated carbocycles. The summed E-state index contributed by atoms with van der Waals surface area (Å²) in [4.78, 5) is 16.6. The summed E-state index contributed by atoms with van der Waals surface area (Å²) in [6, 6.07) is 7.36. The lowest BCUT2D eigenvalue weighted by Gasteiger charge is -2.12. The number of carbonyl (C=O) groups is 1. The molecule has 0 spiro atoms. The minimum absolute atomic E-state index is 0. The Morgan fingerprint density at radius 1 is 1.20 bits per heavy atom. The van der Waals surface area contributed by atoms with Crippen LogP contribution in [0.4, 0.5) is 0 Å². The van der Waals surface area contributed by atoms with Gasteiger partial charge < -0.3 is 16.0 Å². The highest BCUT2D eigenvalue weighted by molar-refractivity contribution is 14.0. The third-order valence-electron chi connectivity index (χ3n) is 3.16. The van der Waals surface area contributed by atoms with Gasteiger partial charge in [-0.1, -0.05) is 22.0 Å².